The van der Waals surface area contributed by atoms with Crippen LogP contribution in [0.3, 0.4) is 0 Å². The van der Waals surface area contributed by atoms with E-state index in [9.17, 15) is 0 Å². The Balaban J connectivity index is 1.70. The molecule has 0 aromatic heterocycles. The van der Waals surface area contributed by atoms with Crippen molar-refractivity contribution in [2.75, 3.05) is 0 Å². The van der Waals surface area contributed by atoms with Crippen molar-refractivity contribution in [3.05, 3.63) is 29.3 Å². The lowest BCUT2D eigenvalue weighted by Crippen LogP contribution is -2.45. The summed E-state index contributed by atoms with van der Waals surface area (Å²) in [6.07, 6.45) is 2.52. The normalized spacial score (nSPS) is 18.0. The van der Waals surface area contributed by atoms with Gasteiger partial charge < -0.3 is 9.97 Å². The molecule has 0 bridgehead atoms. The number of aliphatic imine (C=N–C) groups is 1. The van der Waals surface area contributed by atoms with E-state index in [-0.39, 0.29) is 10.3 Å². The summed E-state index contributed by atoms with van der Waals surface area (Å²) < 4.78 is 5.78. The van der Waals surface area contributed by atoms with Gasteiger partial charge in [-0.2, -0.15) is 12.6 Å². The van der Waals surface area contributed by atoms with Crippen LogP contribution in [-0.4, -0.2) is 29.7 Å². The highest BCUT2D eigenvalue weighted by Gasteiger charge is 2.34. The molecule has 0 atom stereocenters. The summed E-state index contributed by atoms with van der Waals surface area (Å²) in [6.45, 7) is 9.03. The first-order valence-electron chi connectivity index (χ1n) is 7.94. The zero-order valence-corrected chi connectivity index (χ0v) is 14.7. The van der Waals surface area contributed by atoms with Crippen LogP contribution in [0.4, 0.5) is 0 Å². The van der Waals surface area contributed by atoms with Crippen molar-refractivity contribution < 1.29 is 4.65 Å². The molecule has 0 spiro atoms. The first kappa shape index (κ1) is 15.9. The molecule has 1 aromatic rings. The summed E-state index contributed by atoms with van der Waals surface area (Å²) >= 11 is 4.63. The highest BCUT2D eigenvalue weighted by Crippen LogP contribution is 2.30. The zero-order valence-electron chi connectivity index (χ0n) is 13.8. The minimum Gasteiger partial charge on any atom is -0.428 e. The second kappa shape index (κ2) is 5.61. The molecule has 117 valence electrons. The molecule has 1 fully saturated rings. The number of benzene rings is 1. The first-order valence-corrected chi connectivity index (χ1v) is 8.39. The van der Waals surface area contributed by atoms with E-state index in [1.165, 1.54) is 24.0 Å². The van der Waals surface area contributed by atoms with Gasteiger partial charge in [-0.05, 0) is 46.1 Å². The maximum atomic E-state index is 6.01. The number of hydrogen-bond acceptors (Lipinski definition) is 4. The number of nitrogens with one attached hydrogen (secondary N) is 1. The third kappa shape index (κ3) is 3.35. The highest BCUT2D eigenvalue weighted by atomic mass is 32.1. The van der Waals surface area contributed by atoms with Crippen LogP contribution in [0.25, 0.3) is 0 Å². The van der Waals surface area contributed by atoms with Crippen molar-refractivity contribution in [3.63, 3.8) is 0 Å². The Labute approximate surface area is 139 Å². The van der Waals surface area contributed by atoms with E-state index in [1.54, 1.807) is 0 Å². The van der Waals surface area contributed by atoms with Crippen molar-refractivity contribution in [1.82, 2.24) is 5.32 Å². The molecule has 2 aliphatic rings. The highest BCUT2D eigenvalue weighted by molar-refractivity contribution is 7.81. The van der Waals surface area contributed by atoms with E-state index in [1.807, 2.05) is 7.48 Å². The van der Waals surface area contributed by atoms with Gasteiger partial charge in [0.25, 0.3) is 0 Å². The summed E-state index contributed by atoms with van der Waals surface area (Å²) in [7, 11) is 1.84. The van der Waals surface area contributed by atoms with Crippen molar-refractivity contribution in [3.8, 4) is 0 Å². The lowest BCUT2D eigenvalue weighted by atomic mass is 9.82. The number of fused-ring (bicyclic) bond motifs is 1. The van der Waals surface area contributed by atoms with Crippen LogP contribution < -0.4 is 10.8 Å². The lowest BCUT2D eigenvalue weighted by Gasteiger charge is -2.38. The Kier molecular flexibility index (Phi) is 4.06. The Bertz CT molecular complexity index is 603. The minimum absolute atomic E-state index is 0.222. The van der Waals surface area contributed by atoms with Crippen LogP contribution in [0.2, 0.25) is 0 Å². The van der Waals surface area contributed by atoms with Gasteiger partial charge in [-0.3, -0.25) is 4.99 Å². The van der Waals surface area contributed by atoms with E-state index < -0.39 is 0 Å². The van der Waals surface area contributed by atoms with Crippen LogP contribution >= 0.6 is 12.6 Å². The fourth-order valence-corrected chi connectivity index (χ4v) is 2.23. The molecular weight excluding hydrogens is 291 g/mol. The van der Waals surface area contributed by atoms with Gasteiger partial charge in [0.15, 0.2) is 0 Å². The quantitative estimate of drug-likeness (QED) is 0.646. The molecule has 0 amide bonds. The summed E-state index contributed by atoms with van der Waals surface area (Å²) in [5, 5.41) is 3.52. The molecule has 0 saturated heterocycles. The van der Waals surface area contributed by atoms with E-state index in [2.05, 4.69) is 68.8 Å². The SMILES string of the molecule is CC(C)(S)C(C)(C)O[B]c1ccc2c(c1)C(NC1CC1)=NC2. The van der Waals surface area contributed by atoms with Gasteiger partial charge in [0.2, 0.25) is 0 Å². The number of hydrogen-bond donors (Lipinski definition) is 2. The molecule has 3 rings (SSSR count). The Morgan fingerprint density at radius 1 is 1.27 bits per heavy atom. The van der Waals surface area contributed by atoms with Gasteiger partial charge in [0.05, 0.1) is 12.1 Å². The summed E-state index contributed by atoms with van der Waals surface area (Å²) in [5.74, 6) is 1.04. The molecule has 1 aromatic carbocycles. The third-order valence-corrected chi connectivity index (χ3v) is 5.22. The van der Waals surface area contributed by atoms with Gasteiger partial charge >= 0.3 is 7.48 Å². The molecule has 3 nitrogen and oxygen atoms in total. The number of rotatable bonds is 5. The molecule has 1 aliphatic carbocycles. The van der Waals surface area contributed by atoms with Crippen molar-refractivity contribution in [1.29, 1.82) is 0 Å². The molecule has 5 heteroatoms. The van der Waals surface area contributed by atoms with Crippen LogP contribution in [0, 0.1) is 0 Å². The van der Waals surface area contributed by atoms with E-state index in [0.717, 1.165) is 17.8 Å². The molecule has 22 heavy (non-hydrogen) atoms. The third-order valence-electron chi connectivity index (χ3n) is 4.68. The van der Waals surface area contributed by atoms with Gasteiger partial charge in [0.1, 0.15) is 5.84 Å². The second-order valence-corrected chi connectivity index (χ2v) is 8.42. The average Bonchev–Trinajstić information content (AvgIpc) is 3.16. The van der Waals surface area contributed by atoms with Gasteiger partial charge in [0, 0.05) is 16.4 Å². The smallest absolute Gasteiger partial charge is 0.330 e. The van der Waals surface area contributed by atoms with Crippen LogP contribution in [-0.2, 0) is 11.2 Å². The van der Waals surface area contributed by atoms with E-state index in [0.29, 0.717) is 6.04 Å². The van der Waals surface area contributed by atoms with Crippen molar-refractivity contribution >= 4 is 31.4 Å². The maximum Gasteiger partial charge on any atom is 0.330 e. The molecular formula is C17H24BN2OS. The lowest BCUT2D eigenvalue weighted by molar-refractivity contribution is 0.0854. The Morgan fingerprint density at radius 3 is 2.64 bits per heavy atom. The van der Waals surface area contributed by atoms with Gasteiger partial charge in [-0.15, -0.1) is 0 Å². The number of nitrogens with zero attached hydrogens (tertiary/aromatic N) is 1. The van der Waals surface area contributed by atoms with Crippen molar-refractivity contribution in [2.24, 2.45) is 4.99 Å². The first-order chi connectivity index (χ1) is 10.3. The zero-order chi connectivity index (χ0) is 16.0. The molecule has 1 N–H and O–H groups in total. The number of thiol groups is 1. The maximum absolute atomic E-state index is 6.01. The van der Waals surface area contributed by atoms with Crippen LogP contribution in [0.5, 0.6) is 0 Å². The largest absolute Gasteiger partial charge is 0.428 e. The van der Waals surface area contributed by atoms with Crippen molar-refractivity contribution in [2.45, 2.75) is 63.5 Å². The number of amidine groups is 1. The van der Waals surface area contributed by atoms with Gasteiger partial charge in [-0.1, -0.05) is 23.7 Å². The standard InChI is InChI=1S/C17H24BN2OS/c1-16(2,17(3,4)22)21-18-12-6-5-11-10-19-15(14(11)9-12)20-13-7-8-13/h5-6,9,13,22H,7-8,10H2,1-4H3,(H,19,20). The second-order valence-electron chi connectivity index (χ2n) is 7.31. The molecule has 1 aliphatic heterocycles. The monoisotopic (exact) mass is 315 g/mol. The van der Waals surface area contributed by atoms with E-state index in [4.69, 9.17) is 4.65 Å². The fraction of sp³-hybridized carbons (Fsp3) is 0.588. The predicted octanol–water partition coefficient (Wildman–Crippen LogP) is 2.45. The molecule has 0 unspecified atom stereocenters. The van der Waals surface area contributed by atoms with Crippen LogP contribution in [0.1, 0.15) is 51.7 Å². The molecule has 1 saturated carbocycles. The minimum atomic E-state index is -0.349. The summed E-state index contributed by atoms with van der Waals surface area (Å²) in [6, 6.07) is 7.03. The van der Waals surface area contributed by atoms with Gasteiger partial charge in [-0.25, -0.2) is 0 Å². The topological polar surface area (TPSA) is 33.6 Å². The van der Waals surface area contributed by atoms with Crippen LogP contribution in [0.15, 0.2) is 23.2 Å². The summed E-state index contributed by atoms with van der Waals surface area (Å²) in [4.78, 5) is 4.61. The Morgan fingerprint density at radius 2 is 2.00 bits per heavy atom. The molecule has 1 heterocycles. The Hall–Kier alpha value is -0.935. The summed E-state index contributed by atoms with van der Waals surface area (Å²) in [5.41, 5.74) is 3.22. The average molecular weight is 315 g/mol. The predicted molar refractivity (Wildman–Crippen MR) is 96.5 cm³/mol. The fourth-order valence-electron chi connectivity index (χ4n) is 2.18. The molecule has 1 radical (unpaired) electrons. The van der Waals surface area contributed by atoms with E-state index >= 15 is 0 Å².